The Labute approximate surface area is 220 Å². The van der Waals surface area contributed by atoms with Crippen molar-refractivity contribution in [3.63, 3.8) is 0 Å². The lowest BCUT2D eigenvalue weighted by atomic mass is 10.1. The fourth-order valence-electron chi connectivity index (χ4n) is 3.86. The van der Waals surface area contributed by atoms with Gasteiger partial charge in [-0.05, 0) is 48.0 Å². The Morgan fingerprint density at radius 3 is 2.55 bits per heavy atom. The quantitative estimate of drug-likeness (QED) is 0.315. The first-order valence-corrected chi connectivity index (χ1v) is 12.3. The summed E-state index contributed by atoms with van der Waals surface area (Å²) in [4.78, 5) is 45.5. The van der Waals surface area contributed by atoms with E-state index in [0.717, 1.165) is 15.1 Å². The standard InChI is InChI=1S/C28H21FN4O4S/c1-30-26(34)17-7-5-16(6-8-17)24-15-21-25(38-24)23(11-13-31-21)37-22-10-9-18(14-20(22)29)33(2)28(36)19-4-3-12-32-27(19)35/h3-15H,1-2H3,(H,30,34)(H,32,35). The average Bonchev–Trinajstić information content (AvgIpc) is 3.39. The minimum Gasteiger partial charge on any atom is -0.453 e. The Balaban J connectivity index is 1.40. The zero-order valence-electron chi connectivity index (χ0n) is 20.3. The van der Waals surface area contributed by atoms with Gasteiger partial charge in [-0.25, -0.2) is 4.39 Å². The largest absolute Gasteiger partial charge is 0.453 e. The van der Waals surface area contributed by atoms with Gasteiger partial charge in [-0.15, -0.1) is 11.3 Å². The second-order valence-corrected chi connectivity index (χ2v) is 9.34. The number of hydrogen-bond donors (Lipinski definition) is 2. The van der Waals surface area contributed by atoms with E-state index >= 15 is 4.39 Å². The summed E-state index contributed by atoms with van der Waals surface area (Å²) in [6.45, 7) is 0. The molecule has 0 bridgehead atoms. The van der Waals surface area contributed by atoms with Gasteiger partial charge >= 0.3 is 0 Å². The van der Waals surface area contributed by atoms with Gasteiger partial charge in [0.2, 0.25) is 0 Å². The molecule has 5 aromatic rings. The highest BCUT2D eigenvalue weighted by Gasteiger charge is 2.19. The molecule has 0 radical (unpaired) electrons. The molecular weight excluding hydrogens is 507 g/mol. The number of anilines is 1. The van der Waals surface area contributed by atoms with Gasteiger partial charge in [0, 0.05) is 54.7 Å². The van der Waals surface area contributed by atoms with Crippen molar-refractivity contribution >= 4 is 39.1 Å². The van der Waals surface area contributed by atoms with Crippen molar-refractivity contribution < 1.29 is 18.7 Å². The number of fused-ring (bicyclic) bond motifs is 1. The predicted octanol–water partition coefficient (Wildman–Crippen LogP) is 5.22. The van der Waals surface area contributed by atoms with Crippen molar-refractivity contribution in [3.05, 3.63) is 106 Å². The first kappa shape index (κ1) is 24.8. The lowest BCUT2D eigenvalue weighted by Gasteiger charge is -2.18. The number of H-pyrrole nitrogens is 1. The minimum atomic E-state index is -0.671. The van der Waals surface area contributed by atoms with Crippen molar-refractivity contribution in [2.75, 3.05) is 19.0 Å². The number of aromatic nitrogens is 2. The maximum atomic E-state index is 15.1. The van der Waals surface area contributed by atoms with Gasteiger partial charge in [0.05, 0.1) is 10.2 Å². The summed E-state index contributed by atoms with van der Waals surface area (Å²) >= 11 is 1.44. The number of nitrogens with one attached hydrogen (secondary N) is 2. The number of ether oxygens (including phenoxy) is 1. The number of benzene rings is 2. The number of carbonyl (C=O) groups is 2. The summed E-state index contributed by atoms with van der Waals surface area (Å²) in [5.74, 6) is -0.992. The fourth-order valence-corrected chi connectivity index (χ4v) is 4.93. The smallest absolute Gasteiger partial charge is 0.263 e. The fraction of sp³-hybridized carbons (Fsp3) is 0.0714. The van der Waals surface area contributed by atoms with Crippen LogP contribution in [0.2, 0.25) is 0 Å². The predicted molar refractivity (Wildman–Crippen MR) is 145 cm³/mol. The lowest BCUT2D eigenvalue weighted by Crippen LogP contribution is -2.31. The molecule has 2 N–H and O–H groups in total. The summed E-state index contributed by atoms with van der Waals surface area (Å²) in [5.41, 5.74) is 1.85. The number of amides is 2. The van der Waals surface area contributed by atoms with E-state index in [1.807, 2.05) is 18.2 Å². The molecule has 0 aliphatic rings. The maximum absolute atomic E-state index is 15.1. The van der Waals surface area contributed by atoms with Gasteiger partial charge in [-0.3, -0.25) is 19.4 Å². The molecule has 190 valence electrons. The van der Waals surface area contributed by atoms with Crippen molar-refractivity contribution in [3.8, 4) is 21.9 Å². The molecule has 10 heteroatoms. The van der Waals surface area contributed by atoms with Crippen LogP contribution >= 0.6 is 11.3 Å². The van der Waals surface area contributed by atoms with E-state index in [1.54, 1.807) is 43.6 Å². The number of pyridine rings is 2. The SMILES string of the molecule is CNC(=O)c1ccc(-c2cc3nccc(Oc4ccc(N(C)C(=O)c5ccc[nH]c5=O)cc4F)c3s2)cc1. The molecule has 3 aromatic heterocycles. The molecule has 0 aliphatic carbocycles. The Morgan fingerprint density at radius 1 is 1.05 bits per heavy atom. The third-order valence-electron chi connectivity index (χ3n) is 5.91. The van der Waals surface area contributed by atoms with Crippen LogP contribution in [0.4, 0.5) is 10.1 Å². The molecule has 0 saturated carbocycles. The van der Waals surface area contributed by atoms with Crippen LogP contribution in [-0.2, 0) is 0 Å². The molecule has 0 fully saturated rings. The van der Waals surface area contributed by atoms with Crippen molar-refractivity contribution in [1.29, 1.82) is 0 Å². The molecule has 0 spiro atoms. The molecule has 0 aliphatic heterocycles. The van der Waals surface area contributed by atoms with E-state index in [0.29, 0.717) is 16.8 Å². The number of carbonyl (C=O) groups excluding carboxylic acids is 2. The van der Waals surface area contributed by atoms with Gasteiger partial charge < -0.3 is 19.9 Å². The normalized spacial score (nSPS) is 10.8. The molecule has 5 rings (SSSR count). The molecule has 8 nitrogen and oxygen atoms in total. The van der Waals surface area contributed by atoms with E-state index < -0.39 is 17.3 Å². The number of halogens is 1. The van der Waals surface area contributed by atoms with Crippen LogP contribution in [0.15, 0.2) is 83.9 Å². The first-order valence-electron chi connectivity index (χ1n) is 11.5. The van der Waals surface area contributed by atoms with Crippen LogP contribution in [0.5, 0.6) is 11.5 Å². The third kappa shape index (κ3) is 4.76. The van der Waals surface area contributed by atoms with E-state index in [1.165, 1.54) is 47.7 Å². The van der Waals surface area contributed by atoms with Crippen LogP contribution in [-0.4, -0.2) is 35.9 Å². The maximum Gasteiger partial charge on any atom is 0.263 e. The average molecular weight is 529 g/mol. The number of thiophene rings is 1. The second kappa shape index (κ2) is 10.3. The highest BCUT2D eigenvalue weighted by Crippen LogP contribution is 2.40. The van der Waals surface area contributed by atoms with Crippen LogP contribution in [0.3, 0.4) is 0 Å². The number of rotatable bonds is 6. The summed E-state index contributed by atoms with van der Waals surface area (Å²) in [6.07, 6.45) is 3.01. The zero-order valence-corrected chi connectivity index (χ0v) is 21.1. The Hall–Kier alpha value is -4.83. The summed E-state index contributed by atoms with van der Waals surface area (Å²) < 4.78 is 21.7. The Kier molecular flexibility index (Phi) is 6.71. The van der Waals surface area contributed by atoms with Gasteiger partial charge in [-0.2, -0.15) is 0 Å². The number of nitrogens with zero attached hydrogens (tertiary/aromatic N) is 2. The zero-order chi connectivity index (χ0) is 26.8. The molecule has 0 unspecified atom stereocenters. The van der Waals surface area contributed by atoms with Gasteiger partial charge in [0.15, 0.2) is 11.6 Å². The highest BCUT2D eigenvalue weighted by molar-refractivity contribution is 7.22. The molecule has 3 heterocycles. The van der Waals surface area contributed by atoms with E-state index in [2.05, 4.69) is 15.3 Å². The van der Waals surface area contributed by atoms with Crippen LogP contribution in [0.25, 0.3) is 20.7 Å². The number of hydrogen-bond acceptors (Lipinski definition) is 6. The summed E-state index contributed by atoms with van der Waals surface area (Å²) in [7, 11) is 3.04. The molecule has 0 saturated heterocycles. The highest BCUT2D eigenvalue weighted by atomic mass is 32.1. The second-order valence-electron chi connectivity index (χ2n) is 8.28. The summed E-state index contributed by atoms with van der Waals surface area (Å²) in [5, 5.41) is 2.60. The van der Waals surface area contributed by atoms with Gasteiger partial charge in [-0.1, -0.05) is 12.1 Å². The monoisotopic (exact) mass is 528 g/mol. The van der Waals surface area contributed by atoms with Crippen LogP contribution < -0.4 is 20.5 Å². The number of aromatic amines is 1. The third-order valence-corrected chi connectivity index (χ3v) is 7.10. The molecule has 2 aromatic carbocycles. The lowest BCUT2D eigenvalue weighted by molar-refractivity contribution is 0.0961. The Morgan fingerprint density at radius 2 is 1.84 bits per heavy atom. The topological polar surface area (TPSA) is 104 Å². The van der Waals surface area contributed by atoms with Crippen LogP contribution in [0, 0.1) is 5.82 Å². The van der Waals surface area contributed by atoms with Crippen molar-refractivity contribution in [2.45, 2.75) is 0 Å². The molecular formula is C28H21FN4O4S. The van der Waals surface area contributed by atoms with Crippen LogP contribution in [0.1, 0.15) is 20.7 Å². The molecule has 38 heavy (non-hydrogen) atoms. The van der Waals surface area contributed by atoms with E-state index in [4.69, 9.17) is 4.74 Å². The van der Waals surface area contributed by atoms with Gasteiger partial charge in [0.1, 0.15) is 11.3 Å². The van der Waals surface area contributed by atoms with E-state index in [9.17, 15) is 14.4 Å². The van der Waals surface area contributed by atoms with Crippen molar-refractivity contribution in [1.82, 2.24) is 15.3 Å². The van der Waals surface area contributed by atoms with E-state index in [-0.39, 0.29) is 22.9 Å². The Bertz CT molecular complexity index is 1730. The van der Waals surface area contributed by atoms with Crippen molar-refractivity contribution in [2.24, 2.45) is 0 Å². The molecule has 0 atom stereocenters. The minimum absolute atomic E-state index is 0.0236. The summed E-state index contributed by atoms with van der Waals surface area (Å²) in [6, 6.07) is 17.9. The van der Waals surface area contributed by atoms with Gasteiger partial charge in [0.25, 0.3) is 17.4 Å². The first-order chi connectivity index (χ1) is 18.4. The molecule has 2 amide bonds.